The Kier molecular flexibility index (Phi) is 6.08. The first-order chi connectivity index (χ1) is 10.2. The molecule has 112 valence electrons. The summed E-state index contributed by atoms with van der Waals surface area (Å²) in [5, 5.41) is 3.33. The van der Waals surface area contributed by atoms with Crippen LogP contribution >= 0.6 is 15.9 Å². The molecule has 0 aliphatic carbocycles. The Bertz CT molecular complexity index is 587. The summed E-state index contributed by atoms with van der Waals surface area (Å²) < 4.78 is 12.7. The molecule has 0 bridgehead atoms. The predicted molar refractivity (Wildman–Crippen MR) is 89.2 cm³/mol. The van der Waals surface area contributed by atoms with Crippen LogP contribution in [0.1, 0.15) is 19.4 Å². The Labute approximate surface area is 134 Å². The molecule has 0 amide bonds. The highest BCUT2D eigenvalue weighted by molar-refractivity contribution is 9.10. The molecule has 0 aromatic heterocycles. The van der Waals surface area contributed by atoms with E-state index in [2.05, 4.69) is 34.2 Å². The van der Waals surface area contributed by atoms with Crippen LogP contribution in [0.25, 0.3) is 0 Å². The van der Waals surface area contributed by atoms with E-state index in [1.54, 1.807) is 0 Å². The van der Waals surface area contributed by atoms with Crippen LogP contribution in [0, 0.1) is 0 Å². The van der Waals surface area contributed by atoms with Crippen LogP contribution in [-0.2, 0) is 6.54 Å². The van der Waals surface area contributed by atoms with Crippen molar-refractivity contribution in [1.29, 1.82) is 0 Å². The average molecular weight is 350 g/mol. The van der Waals surface area contributed by atoms with Gasteiger partial charge in [-0.3, -0.25) is 0 Å². The third kappa shape index (κ3) is 4.48. The lowest BCUT2D eigenvalue weighted by atomic mass is 10.2. The van der Waals surface area contributed by atoms with Crippen molar-refractivity contribution in [2.24, 2.45) is 0 Å². The van der Waals surface area contributed by atoms with Gasteiger partial charge in [0, 0.05) is 16.6 Å². The van der Waals surface area contributed by atoms with Gasteiger partial charge in [0.1, 0.15) is 5.75 Å². The van der Waals surface area contributed by atoms with E-state index in [-0.39, 0.29) is 0 Å². The molecule has 0 radical (unpaired) electrons. The Balaban J connectivity index is 2.26. The topological polar surface area (TPSA) is 30.5 Å². The molecule has 0 saturated carbocycles. The number of para-hydroxylation sites is 2. The number of hydrogen-bond donors (Lipinski definition) is 1. The molecule has 3 nitrogen and oxygen atoms in total. The number of ether oxygens (including phenoxy) is 2. The monoisotopic (exact) mass is 349 g/mol. The van der Waals surface area contributed by atoms with Gasteiger partial charge in [-0.1, -0.05) is 35.0 Å². The molecule has 0 aliphatic heterocycles. The van der Waals surface area contributed by atoms with Gasteiger partial charge in [-0.25, -0.2) is 0 Å². The summed E-state index contributed by atoms with van der Waals surface area (Å²) in [7, 11) is 0. The molecule has 4 heteroatoms. The van der Waals surface area contributed by atoms with E-state index in [4.69, 9.17) is 9.47 Å². The molecule has 0 atom stereocenters. The van der Waals surface area contributed by atoms with E-state index in [1.165, 1.54) is 0 Å². The van der Waals surface area contributed by atoms with Crippen molar-refractivity contribution in [3.05, 3.63) is 52.5 Å². The van der Waals surface area contributed by atoms with Crippen LogP contribution in [-0.4, -0.2) is 13.2 Å². The fraction of sp³-hybridized carbons (Fsp3) is 0.294. The third-order valence-corrected chi connectivity index (χ3v) is 3.45. The van der Waals surface area contributed by atoms with Gasteiger partial charge in [-0.15, -0.1) is 0 Å². The molecule has 0 unspecified atom stereocenters. The SMILES string of the molecule is CCNCc1cc(Br)ccc1Oc1ccccc1OCC. The summed E-state index contributed by atoms with van der Waals surface area (Å²) in [4.78, 5) is 0. The highest BCUT2D eigenvalue weighted by Crippen LogP contribution is 2.34. The molecule has 21 heavy (non-hydrogen) atoms. The second-order valence-electron chi connectivity index (χ2n) is 4.51. The van der Waals surface area contributed by atoms with Crippen LogP contribution in [0.15, 0.2) is 46.9 Å². The number of benzene rings is 2. The van der Waals surface area contributed by atoms with Gasteiger partial charge in [0.15, 0.2) is 11.5 Å². The summed E-state index contributed by atoms with van der Waals surface area (Å²) in [6.45, 7) is 6.35. The summed E-state index contributed by atoms with van der Waals surface area (Å²) >= 11 is 3.50. The van der Waals surface area contributed by atoms with Crippen molar-refractivity contribution < 1.29 is 9.47 Å². The minimum Gasteiger partial charge on any atom is -0.490 e. The molecule has 2 rings (SSSR count). The molecular formula is C17H20BrNO2. The first-order valence-corrected chi connectivity index (χ1v) is 7.92. The van der Waals surface area contributed by atoms with Crippen LogP contribution in [0.4, 0.5) is 0 Å². The van der Waals surface area contributed by atoms with Gasteiger partial charge in [0.25, 0.3) is 0 Å². The second kappa shape index (κ2) is 8.05. The molecule has 0 aliphatic rings. The molecule has 0 saturated heterocycles. The number of nitrogens with one attached hydrogen (secondary N) is 1. The maximum Gasteiger partial charge on any atom is 0.169 e. The number of hydrogen-bond acceptors (Lipinski definition) is 3. The highest BCUT2D eigenvalue weighted by Gasteiger charge is 2.09. The zero-order chi connectivity index (χ0) is 15.1. The van der Waals surface area contributed by atoms with Gasteiger partial charge >= 0.3 is 0 Å². The number of rotatable bonds is 7. The fourth-order valence-corrected chi connectivity index (χ4v) is 2.38. The standard InChI is InChI=1S/C17H20BrNO2/c1-3-19-12-13-11-14(18)9-10-15(13)21-17-8-6-5-7-16(17)20-4-2/h5-11,19H,3-4,12H2,1-2H3. The third-order valence-electron chi connectivity index (χ3n) is 2.96. The first-order valence-electron chi connectivity index (χ1n) is 7.13. The first kappa shape index (κ1) is 15.9. The maximum absolute atomic E-state index is 6.06. The van der Waals surface area contributed by atoms with Gasteiger partial charge in [-0.05, 0) is 43.8 Å². The lowest BCUT2D eigenvalue weighted by Gasteiger charge is -2.14. The molecule has 1 N–H and O–H groups in total. The van der Waals surface area contributed by atoms with Gasteiger partial charge in [0.2, 0.25) is 0 Å². The van der Waals surface area contributed by atoms with E-state index in [1.807, 2.05) is 43.3 Å². The van der Waals surface area contributed by atoms with Crippen molar-refractivity contribution in [3.63, 3.8) is 0 Å². The summed E-state index contributed by atoms with van der Waals surface area (Å²) in [6.07, 6.45) is 0. The molecule has 0 spiro atoms. The summed E-state index contributed by atoms with van der Waals surface area (Å²) in [5.74, 6) is 2.34. The molecular weight excluding hydrogens is 330 g/mol. The Morgan fingerprint density at radius 1 is 1.00 bits per heavy atom. The van der Waals surface area contributed by atoms with Crippen molar-refractivity contribution in [1.82, 2.24) is 5.32 Å². The van der Waals surface area contributed by atoms with Crippen LogP contribution in [0.5, 0.6) is 17.2 Å². The predicted octanol–water partition coefficient (Wildman–Crippen LogP) is 4.75. The van der Waals surface area contributed by atoms with Gasteiger partial charge < -0.3 is 14.8 Å². The number of halogens is 1. The van der Waals surface area contributed by atoms with Gasteiger partial charge in [0.05, 0.1) is 6.61 Å². The van der Waals surface area contributed by atoms with E-state index < -0.39 is 0 Å². The van der Waals surface area contributed by atoms with Crippen LogP contribution in [0.3, 0.4) is 0 Å². The van der Waals surface area contributed by atoms with Crippen molar-refractivity contribution in [2.45, 2.75) is 20.4 Å². The quantitative estimate of drug-likeness (QED) is 0.782. The largest absolute Gasteiger partial charge is 0.490 e. The summed E-state index contributed by atoms with van der Waals surface area (Å²) in [6, 6.07) is 13.8. The van der Waals surface area contributed by atoms with Gasteiger partial charge in [-0.2, -0.15) is 0 Å². The molecule has 2 aromatic rings. The minimum atomic E-state index is 0.616. The summed E-state index contributed by atoms with van der Waals surface area (Å²) in [5.41, 5.74) is 1.11. The Morgan fingerprint density at radius 3 is 2.48 bits per heavy atom. The zero-order valence-electron chi connectivity index (χ0n) is 12.4. The molecule has 2 aromatic carbocycles. The molecule has 0 heterocycles. The second-order valence-corrected chi connectivity index (χ2v) is 5.43. The normalized spacial score (nSPS) is 10.4. The van der Waals surface area contributed by atoms with E-state index in [9.17, 15) is 0 Å². The van der Waals surface area contributed by atoms with Crippen molar-refractivity contribution >= 4 is 15.9 Å². The maximum atomic E-state index is 6.06. The lowest BCUT2D eigenvalue weighted by molar-refractivity contribution is 0.321. The lowest BCUT2D eigenvalue weighted by Crippen LogP contribution is -2.12. The van der Waals surface area contributed by atoms with Crippen molar-refractivity contribution in [2.75, 3.05) is 13.2 Å². The van der Waals surface area contributed by atoms with E-state index >= 15 is 0 Å². The highest BCUT2D eigenvalue weighted by atomic mass is 79.9. The van der Waals surface area contributed by atoms with Crippen LogP contribution in [0.2, 0.25) is 0 Å². The van der Waals surface area contributed by atoms with Crippen molar-refractivity contribution in [3.8, 4) is 17.2 Å². The minimum absolute atomic E-state index is 0.616. The fourth-order valence-electron chi connectivity index (χ4n) is 1.97. The smallest absolute Gasteiger partial charge is 0.169 e. The average Bonchev–Trinajstić information content (AvgIpc) is 2.49. The Hall–Kier alpha value is -1.52. The van der Waals surface area contributed by atoms with E-state index in [0.717, 1.165) is 40.4 Å². The van der Waals surface area contributed by atoms with E-state index in [0.29, 0.717) is 6.61 Å². The molecule has 0 fully saturated rings. The zero-order valence-corrected chi connectivity index (χ0v) is 13.9. The van der Waals surface area contributed by atoms with Crippen LogP contribution < -0.4 is 14.8 Å². The Morgan fingerprint density at radius 2 is 1.76 bits per heavy atom.